The van der Waals surface area contributed by atoms with Crippen molar-refractivity contribution in [1.82, 2.24) is 0 Å². The normalized spacial score (nSPS) is 9.77. The number of carbonyl (C=O) groups is 1. The average molecular weight is 179 g/mol. The molecule has 0 bridgehead atoms. The molecule has 3 heteroatoms. The lowest BCUT2D eigenvalue weighted by Crippen LogP contribution is -2.15. The van der Waals surface area contributed by atoms with Gasteiger partial charge in [-0.25, -0.2) is 4.79 Å². The van der Waals surface area contributed by atoms with E-state index in [9.17, 15) is 4.79 Å². The lowest BCUT2D eigenvalue weighted by Gasteiger charge is -2.17. The Balaban J connectivity index is 3.34. The van der Waals surface area contributed by atoms with E-state index in [4.69, 9.17) is 5.11 Å². The molecule has 0 spiro atoms. The van der Waals surface area contributed by atoms with Crippen LogP contribution in [0, 0.1) is 6.92 Å². The molecule has 0 atom stereocenters. The summed E-state index contributed by atoms with van der Waals surface area (Å²) in [6.45, 7) is 1.90. The molecule has 0 radical (unpaired) electrons. The highest BCUT2D eigenvalue weighted by Gasteiger charge is 2.12. The van der Waals surface area contributed by atoms with Gasteiger partial charge in [0.1, 0.15) is 0 Å². The van der Waals surface area contributed by atoms with Crippen LogP contribution < -0.4 is 4.90 Å². The fourth-order valence-electron chi connectivity index (χ4n) is 1.43. The first-order valence-corrected chi connectivity index (χ1v) is 4.04. The van der Waals surface area contributed by atoms with Crippen LogP contribution in [0.4, 0.5) is 5.69 Å². The van der Waals surface area contributed by atoms with Gasteiger partial charge in [-0.15, -0.1) is 0 Å². The van der Waals surface area contributed by atoms with Crippen molar-refractivity contribution >= 4 is 11.7 Å². The lowest BCUT2D eigenvalue weighted by molar-refractivity contribution is 0.0697. The maximum absolute atomic E-state index is 10.9. The molecule has 1 rings (SSSR count). The number of aromatic carboxylic acids is 1. The van der Waals surface area contributed by atoms with Crippen LogP contribution in [0.3, 0.4) is 0 Å². The van der Waals surface area contributed by atoms with Gasteiger partial charge < -0.3 is 10.0 Å². The van der Waals surface area contributed by atoms with Gasteiger partial charge in [0.05, 0.1) is 11.3 Å². The molecule has 0 unspecified atom stereocenters. The van der Waals surface area contributed by atoms with Crippen LogP contribution in [-0.4, -0.2) is 25.2 Å². The van der Waals surface area contributed by atoms with Crippen LogP contribution in [0.25, 0.3) is 0 Å². The lowest BCUT2D eigenvalue weighted by atomic mass is 10.1. The van der Waals surface area contributed by atoms with E-state index < -0.39 is 5.97 Å². The molecule has 1 aromatic carbocycles. The van der Waals surface area contributed by atoms with Crippen LogP contribution in [0.15, 0.2) is 18.2 Å². The molecule has 1 N–H and O–H groups in total. The summed E-state index contributed by atoms with van der Waals surface area (Å²) in [5, 5.41) is 8.91. The van der Waals surface area contributed by atoms with Crippen molar-refractivity contribution in [3.8, 4) is 0 Å². The summed E-state index contributed by atoms with van der Waals surface area (Å²) in [5.74, 6) is -0.882. The van der Waals surface area contributed by atoms with Gasteiger partial charge in [0.15, 0.2) is 0 Å². The van der Waals surface area contributed by atoms with Crippen molar-refractivity contribution in [3.63, 3.8) is 0 Å². The predicted octanol–water partition coefficient (Wildman–Crippen LogP) is 1.76. The minimum absolute atomic E-state index is 0.352. The highest BCUT2D eigenvalue weighted by molar-refractivity contribution is 5.95. The Labute approximate surface area is 77.6 Å². The van der Waals surface area contributed by atoms with Gasteiger partial charge in [0.2, 0.25) is 0 Å². The Kier molecular flexibility index (Phi) is 2.56. The van der Waals surface area contributed by atoms with Crippen LogP contribution in [0.5, 0.6) is 0 Å². The van der Waals surface area contributed by atoms with Crippen LogP contribution >= 0.6 is 0 Å². The van der Waals surface area contributed by atoms with Gasteiger partial charge in [0, 0.05) is 14.1 Å². The number of carboxylic acid groups (broad SMARTS) is 1. The van der Waals surface area contributed by atoms with Crippen LogP contribution in [0.1, 0.15) is 15.9 Å². The molecule has 0 aliphatic heterocycles. The van der Waals surface area contributed by atoms with E-state index in [1.54, 1.807) is 12.1 Å². The molecular formula is C10H13NO2. The number of anilines is 1. The van der Waals surface area contributed by atoms with E-state index in [0.29, 0.717) is 5.56 Å². The number of hydrogen-bond acceptors (Lipinski definition) is 2. The van der Waals surface area contributed by atoms with Crippen LogP contribution in [-0.2, 0) is 0 Å². The monoisotopic (exact) mass is 179 g/mol. The Bertz CT molecular complexity index is 332. The minimum Gasteiger partial charge on any atom is -0.478 e. The van der Waals surface area contributed by atoms with Gasteiger partial charge >= 0.3 is 5.97 Å². The number of rotatable bonds is 2. The molecule has 0 saturated carbocycles. The van der Waals surface area contributed by atoms with E-state index >= 15 is 0 Å². The summed E-state index contributed by atoms with van der Waals surface area (Å²) in [6.07, 6.45) is 0. The summed E-state index contributed by atoms with van der Waals surface area (Å²) < 4.78 is 0. The minimum atomic E-state index is -0.882. The van der Waals surface area contributed by atoms with E-state index in [-0.39, 0.29) is 0 Å². The molecule has 3 nitrogen and oxygen atoms in total. The van der Waals surface area contributed by atoms with Crippen LogP contribution in [0.2, 0.25) is 0 Å². The average Bonchev–Trinajstić information content (AvgIpc) is 2.02. The third-order valence-corrected chi connectivity index (χ3v) is 1.92. The predicted molar refractivity (Wildman–Crippen MR) is 52.5 cm³/mol. The quantitative estimate of drug-likeness (QED) is 0.752. The SMILES string of the molecule is Cc1cccc(C(=O)O)c1N(C)C. The number of hydrogen-bond donors (Lipinski definition) is 1. The molecule has 13 heavy (non-hydrogen) atoms. The highest BCUT2D eigenvalue weighted by atomic mass is 16.4. The van der Waals surface area contributed by atoms with Gasteiger partial charge in [0.25, 0.3) is 0 Å². The first-order chi connectivity index (χ1) is 6.04. The van der Waals surface area contributed by atoms with Crippen molar-refractivity contribution in [2.75, 3.05) is 19.0 Å². The fraction of sp³-hybridized carbons (Fsp3) is 0.300. The number of benzene rings is 1. The summed E-state index contributed by atoms with van der Waals surface area (Å²) in [4.78, 5) is 12.7. The molecule has 0 amide bonds. The Hall–Kier alpha value is -1.51. The van der Waals surface area contributed by atoms with E-state index in [1.165, 1.54) is 0 Å². The maximum atomic E-state index is 10.9. The first kappa shape index (κ1) is 9.58. The topological polar surface area (TPSA) is 40.5 Å². The zero-order valence-electron chi connectivity index (χ0n) is 8.03. The molecular weight excluding hydrogens is 166 g/mol. The maximum Gasteiger partial charge on any atom is 0.337 e. The van der Waals surface area contributed by atoms with Gasteiger partial charge in [-0.2, -0.15) is 0 Å². The number of carboxylic acids is 1. The molecule has 70 valence electrons. The highest BCUT2D eigenvalue weighted by Crippen LogP contribution is 2.22. The van der Waals surface area contributed by atoms with Crippen molar-refractivity contribution in [2.45, 2.75) is 6.92 Å². The van der Waals surface area contributed by atoms with Gasteiger partial charge in [-0.3, -0.25) is 0 Å². The van der Waals surface area contributed by atoms with E-state index in [1.807, 2.05) is 32.0 Å². The number of nitrogens with zero attached hydrogens (tertiary/aromatic N) is 1. The first-order valence-electron chi connectivity index (χ1n) is 4.04. The smallest absolute Gasteiger partial charge is 0.337 e. The Morgan fingerprint density at radius 3 is 2.38 bits per heavy atom. The zero-order valence-corrected chi connectivity index (χ0v) is 8.03. The van der Waals surface area contributed by atoms with Crippen molar-refractivity contribution in [2.24, 2.45) is 0 Å². The molecule has 0 heterocycles. The second kappa shape index (κ2) is 3.47. The number of para-hydroxylation sites is 1. The van der Waals surface area contributed by atoms with Crippen molar-refractivity contribution < 1.29 is 9.90 Å². The Morgan fingerprint density at radius 1 is 1.38 bits per heavy atom. The number of aryl methyl sites for hydroxylation is 1. The molecule has 0 aromatic heterocycles. The largest absolute Gasteiger partial charge is 0.478 e. The molecule has 1 aromatic rings. The van der Waals surface area contributed by atoms with Crippen molar-refractivity contribution in [1.29, 1.82) is 0 Å². The molecule has 0 aliphatic rings. The summed E-state index contributed by atoms with van der Waals surface area (Å²) in [6, 6.07) is 5.28. The van der Waals surface area contributed by atoms with Crippen molar-refractivity contribution in [3.05, 3.63) is 29.3 Å². The molecule has 0 saturated heterocycles. The second-order valence-electron chi connectivity index (χ2n) is 3.17. The third kappa shape index (κ3) is 1.80. The zero-order chi connectivity index (χ0) is 10.0. The van der Waals surface area contributed by atoms with Gasteiger partial charge in [-0.05, 0) is 18.6 Å². The molecule has 0 aliphatic carbocycles. The Morgan fingerprint density at radius 2 is 2.00 bits per heavy atom. The molecule has 0 fully saturated rings. The third-order valence-electron chi connectivity index (χ3n) is 1.92. The second-order valence-corrected chi connectivity index (χ2v) is 3.17. The standard InChI is InChI=1S/C10H13NO2/c1-7-5-4-6-8(10(12)13)9(7)11(2)3/h4-6H,1-3H3,(H,12,13). The summed E-state index contributed by atoms with van der Waals surface area (Å²) in [5.41, 5.74) is 2.10. The van der Waals surface area contributed by atoms with Gasteiger partial charge in [-0.1, -0.05) is 12.1 Å². The summed E-state index contributed by atoms with van der Waals surface area (Å²) in [7, 11) is 3.68. The summed E-state index contributed by atoms with van der Waals surface area (Å²) >= 11 is 0. The van der Waals surface area contributed by atoms with E-state index in [2.05, 4.69) is 0 Å². The fourth-order valence-corrected chi connectivity index (χ4v) is 1.43. The van der Waals surface area contributed by atoms with E-state index in [0.717, 1.165) is 11.3 Å².